The number of benzene rings is 1. The highest BCUT2D eigenvalue weighted by molar-refractivity contribution is 5.32. The van der Waals surface area contributed by atoms with Crippen molar-refractivity contribution < 1.29 is 4.74 Å². The van der Waals surface area contributed by atoms with Crippen molar-refractivity contribution in [1.82, 2.24) is 14.9 Å². The summed E-state index contributed by atoms with van der Waals surface area (Å²) in [5, 5.41) is 9.08. The standard InChI is InChI=1S/C19H24N4O/c1-19(2,3)17-11-21-18(22-17)16-13-24-8-7-23(16)12-15-6-4-5-14(9-15)10-20/h4-6,9,11,16H,7-8,12-13H2,1-3H3,(H,21,22). The molecular weight excluding hydrogens is 300 g/mol. The summed E-state index contributed by atoms with van der Waals surface area (Å²) in [5.74, 6) is 0.955. The van der Waals surface area contributed by atoms with Gasteiger partial charge in [-0.15, -0.1) is 0 Å². The van der Waals surface area contributed by atoms with Crippen LogP contribution in [-0.4, -0.2) is 34.6 Å². The molecule has 0 bridgehead atoms. The Morgan fingerprint density at radius 3 is 2.96 bits per heavy atom. The molecule has 2 heterocycles. The lowest BCUT2D eigenvalue weighted by molar-refractivity contribution is -0.0157. The number of imidazole rings is 1. The third kappa shape index (κ3) is 3.66. The SMILES string of the molecule is CC(C)(C)c1cnc(C2COCCN2Cc2cccc(C#N)c2)[nH]1. The van der Waals surface area contributed by atoms with E-state index in [1.807, 2.05) is 24.4 Å². The molecule has 5 nitrogen and oxygen atoms in total. The first-order valence-corrected chi connectivity index (χ1v) is 8.33. The maximum Gasteiger partial charge on any atom is 0.126 e. The number of rotatable bonds is 3. The normalized spacial score (nSPS) is 19.2. The second-order valence-corrected chi connectivity index (χ2v) is 7.31. The highest BCUT2D eigenvalue weighted by atomic mass is 16.5. The zero-order valence-electron chi connectivity index (χ0n) is 14.5. The number of ether oxygens (including phenoxy) is 1. The number of aromatic nitrogens is 2. The molecule has 24 heavy (non-hydrogen) atoms. The molecule has 1 aromatic carbocycles. The third-order valence-electron chi connectivity index (χ3n) is 4.40. The summed E-state index contributed by atoms with van der Waals surface area (Å²) < 4.78 is 5.69. The quantitative estimate of drug-likeness (QED) is 0.942. The van der Waals surface area contributed by atoms with Gasteiger partial charge in [0, 0.05) is 30.4 Å². The smallest absolute Gasteiger partial charge is 0.126 e. The molecule has 0 radical (unpaired) electrons. The minimum atomic E-state index is 0.0483. The van der Waals surface area contributed by atoms with E-state index in [-0.39, 0.29) is 11.5 Å². The molecule has 1 saturated heterocycles. The van der Waals surface area contributed by atoms with Crippen molar-refractivity contribution in [1.29, 1.82) is 5.26 Å². The molecule has 3 rings (SSSR count). The summed E-state index contributed by atoms with van der Waals surface area (Å²) in [5.41, 5.74) is 3.02. The van der Waals surface area contributed by atoms with Crippen LogP contribution in [0.4, 0.5) is 0 Å². The number of nitriles is 1. The summed E-state index contributed by atoms with van der Waals surface area (Å²) in [7, 11) is 0. The van der Waals surface area contributed by atoms with Crippen molar-refractivity contribution in [2.24, 2.45) is 0 Å². The first-order chi connectivity index (χ1) is 11.5. The van der Waals surface area contributed by atoms with E-state index in [1.54, 1.807) is 0 Å². The van der Waals surface area contributed by atoms with E-state index in [9.17, 15) is 0 Å². The summed E-state index contributed by atoms with van der Waals surface area (Å²) in [6.07, 6.45) is 1.93. The Kier molecular flexibility index (Phi) is 4.70. The van der Waals surface area contributed by atoms with Crippen LogP contribution < -0.4 is 0 Å². The zero-order chi connectivity index (χ0) is 17.2. The van der Waals surface area contributed by atoms with E-state index in [4.69, 9.17) is 10.00 Å². The van der Waals surface area contributed by atoms with Crippen molar-refractivity contribution in [2.45, 2.75) is 38.8 Å². The fourth-order valence-corrected chi connectivity index (χ4v) is 2.94. The average Bonchev–Trinajstić information content (AvgIpc) is 3.06. The van der Waals surface area contributed by atoms with Gasteiger partial charge in [0.1, 0.15) is 5.82 Å². The molecule has 0 aliphatic carbocycles. The van der Waals surface area contributed by atoms with Crippen LogP contribution >= 0.6 is 0 Å². The van der Waals surface area contributed by atoms with Crippen molar-refractivity contribution >= 4 is 0 Å². The molecule has 0 spiro atoms. The van der Waals surface area contributed by atoms with Crippen LogP contribution in [0.3, 0.4) is 0 Å². The molecular formula is C19H24N4O. The Morgan fingerprint density at radius 2 is 2.25 bits per heavy atom. The number of hydrogen-bond acceptors (Lipinski definition) is 4. The number of nitrogens with one attached hydrogen (secondary N) is 1. The van der Waals surface area contributed by atoms with E-state index in [0.717, 1.165) is 36.8 Å². The molecule has 126 valence electrons. The van der Waals surface area contributed by atoms with Gasteiger partial charge in [0.15, 0.2) is 0 Å². The Hall–Kier alpha value is -2.16. The monoisotopic (exact) mass is 324 g/mol. The minimum absolute atomic E-state index is 0.0483. The van der Waals surface area contributed by atoms with Crippen molar-refractivity contribution in [3.8, 4) is 6.07 Å². The van der Waals surface area contributed by atoms with Gasteiger partial charge in [0.05, 0.1) is 30.9 Å². The molecule has 1 aliphatic rings. The van der Waals surface area contributed by atoms with Gasteiger partial charge in [-0.25, -0.2) is 4.98 Å². The highest BCUT2D eigenvalue weighted by Gasteiger charge is 2.28. The van der Waals surface area contributed by atoms with Gasteiger partial charge in [0.25, 0.3) is 0 Å². The molecule has 1 unspecified atom stereocenters. The second-order valence-electron chi connectivity index (χ2n) is 7.31. The average molecular weight is 324 g/mol. The summed E-state index contributed by atoms with van der Waals surface area (Å²) in [6, 6.07) is 10.1. The molecule has 1 aromatic heterocycles. The molecule has 5 heteroatoms. The lowest BCUT2D eigenvalue weighted by atomic mass is 9.93. The minimum Gasteiger partial charge on any atom is -0.378 e. The molecule has 1 fully saturated rings. The topological polar surface area (TPSA) is 64.9 Å². The van der Waals surface area contributed by atoms with Crippen LogP contribution in [0, 0.1) is 11.3 Å². The number of hydrogen-bond donors (Lipinski definition) is 1. The van der Waals surface area contributed by atoms with E-state index in [2.05, 4.69) is 47.8 Å². The lowest BCUT2D eigenvalue weighted by Crippen LogP contribution is -2.39. The summed E-state index contributed by atoms with van der Waals surface area (Å²) >= 11 is 0. The fourth-order valence-electron chi connectivity index (χ4n) is 2.94. The number of morpholine rings is 1. The Bertz CT molecular complexity index is 738. The van der Waals surface area contributed by atoms with Crippen LogP contribution in [0.1, 0.15) is 49.5 Å². The van der Waals surface area contributed by atoms with Crippen LogP contribution in [0.25, 0.3) is 0 Å². The fraction of sp³-hybridized carbons (Fsp3) is 0.474. The highest BCUT2D eigenvalue weighted by Crippen LogP contribution is 2.27. The van der Waals surface area contributed by atoms with Gasteiger partial charge in [-0.1, -0.05) is 32.9 Å². The van der Waals surface area contributed by atoms with Gasteiger partial charge >= 0.3 is 0 Å². The largest absolute Gasteiger partial charge is 0.378 e. The van der Waals surface area contributed by atoms with Crippen LogP contribution in [-0.2, 0) is 16.7 Å². The van der Waals surface area contributed by atoms with Crippen molar-refractivity contribution in [3.05, 3.63) is 53.1 Å². The van der Waals surface area contributed by atoms with Crippen LogP contribution in [0.2, 0.25) is 0 Å². The first kappa shape index (κ1) is 16.7. The molecule has 0 saturated carbocycles. The predicted octanol–water partition coefficient (Wildman–Crippen LogP) is 3.15. The van der Waals surface area contributed by atoms with Crippen LogP contribution in [0.5, 0.6) is 0 Å². The molecule has 1 atom stereocenters. The van der Waals surface area contributed by atoms with Crippen molar-refractivity contribution in [2.75, 3.05) is 19.8 Å². The predicted molar refractivity (Wildman–Crippen MR) is 92.4 cm³/mol. The van der Waals surface area contributed by atoms with E-state index >= 15 is 0 Å². The van der Waals surface area contributed by atoms with E-state index in [0.29, 0.717) is 12.2 Å². The van der Waals surface area contributed by atoms with Gasteiger partial charge in [-0.05, 0) is 17.7 Å². The summed E-state index contributed by atoms with van der Waals surface area (Å²) in [4.78, 5) is 10.4. The Morgan fingerprint density at radius 1 is 1.42 bits per heavy atom. The van der Waals surface area contributed by atoms with Gasteiger partial charge < -0.3 is 9.72 Å². The maximum atomic E-state index is 9.08. The lowest BCUT2D eigenvalue weighted by Gasteiger charge is -2.34. The second kappa shape index (κ2) is 6.76. The van der Waals surface area contributed by atoms with E-state index < -0.39 is 0 Å². The maximum absolute atomic E-state index is 9.08. The molecule has 2 aromatic rings. The van der Waals surface area contributed by atoms with Gasteiger partial charge in [0.2, 0.25) is 0 Å². The molecule has 1 aliphatic heterocycles. The number of nitrogens with zero attached hydrogens (tertiary/aromatic N) is 3. The molecule has 1 N–H and O–H groups in total. The summed E-state index contributed by atoms with van der Waals surface area (Å²) in [6.45, 7) is 9.52. The first-order valence-electron chi connectivity index (χ1n) is 8.33. The molecule has 0 amide bonds. The van der Waals surface area contributed by atoms with Crippen LogP contribution in [0.15, 0.2) is 30.5 Å². The van der Waals surface area contributed by atoms with Crippen molar-refractivity contribution in [3.63, 3.8) is 0 Å². The Balaban J connectivity index is 1.81. The third-order valence-corrected chi connectivity index (χ3v) is 4.40. The number of H-pyrrole nitrogens is 1. The Labute approximate surface area is 143 Å². The van der Waals surface area contributed by atoms with E-state index in [1.165, 1.54) is 0 Å². The number of aromatic amines is 1. The van der Waals surface area contributed by atoms with Gasteiger partial charge in [-0.2, -0.15) is 5.26 Å². The zero-order valence-corrected chi connectivity index (χ0v) is 14.5. The van der Waals surface area contributed by atoms with Gasteiger partial charge in [-0.3, -0.25) is 4.90 Å².